The second-order valence-electron chi connectivity index (χ2n) is 8.11. The number of sulfone groups is 1. The average Bonchev–Trinajstić information content (AvgIpc) is 3.25. The van der Waals surface area contributed by atoms with E-state index >= 15 is 0 Å². The quantitative estimate of drug-likeness (QED) is 0.565. The maximum absolute atomic E-state index is 13.7. The third-order valence-electron chi connectivity index (χ3n) is 5.46. The Kier molecular flexibility index (Phi) is 5.49. The standard InChI is InChI=1S/C23H23FN2O6S/c1-14-12-26(13-15(2)31-14)23-22(25-21(32-23)16-3-5-17(24)6-4-16)33(27,28)18-7-8-19-20(11-18)30-10-9-29-19/h3-8,11,14-15H,9-10,12-13H2,1-2H3. The molecule has 0 N–H and O–H groups in total. The van der Waals surface area contributed by atoms with Crippen molar-refractivity contribution in [3.05, 3.63) is 48.3 Å². The zero-order valence-electron chi connectivity index (χ0n) is 18.2. The molecule has 1 fully saturated rings. The van der Waals surface area contributed by atoms with Gasteiger partial charge in [0.05, 0.1) is 17.1 Å². The maximum atomic E-state index is 13.7. The minimum Gasteiger partial charge on any atom is -0.486 e. The number of halogens is 1. The molecule has 1 saturated heterocycles. The predicted molar refractivity (Wildman–Crippen MR) is 117 cm³/mol. The molecule has 33 heavy (non-hydrogen) atoms. The SMILES string of the molecule is CC1CN(c2oc(-c3ccc(F)cc3)nc2S(=O)(=O)c2ccc3c(c2)OCCO3)CC(C)O1. The summed E-state index contributed by atoms with van der Waals surface area (Å²) in [5.41, 5.74) is 0.468. The number of benzene rings is 2. The van der Waals surface area contributed by atoms with Gasteiger partial charge < -0.3 is 23.5 Å². The Bertz CT molecular complexity index is 1260. The van der Waals surface area contributed by atoms with Gasteiger partial charge in [-0.05, 0) is 50.2 Å². The Balaban J connectivity index is 1.62. The van der Waals surface area contributed by atoms with Gasteiger partial charge in [-0.25, -0.2) is 12.8 Å². The van der Waals surface area contributed by atoms with Crippen LogP contribution in [0, 0.1) is 5.82 Å². The summed E-state index contributed by atoms with van der Waals surface area (Å²) in [6.07, 6.45) is -0.254. The smallest absolute Gasteiger partial charge is 0.236 e. The summed E-state index contributed by atoms with van der Waals surface area (Å²) in [7, 11) is -4.08. The number of hydrogen-bond acceptors (Lipinski definition) is 8. The van der Waals surface area contributed by atoms with Gasteiger partial charge in [0.1, 0.15) is 19.0 Å². The lowest BCUT2D eigenvalue weighted by molar-refractivity contribution is -0.00657. The van der Waals surface area contributed by atoms with Gasteiger partial charge in [-0.15, -0.1) is 0 Å². The molecule has 0 amide bonds. The number of fused-ring (bicyclic) bond motifs is 1. The first kappa shape index (κ1) is 21.7. The summed E-state index contributed by atoms with van der Waals surface area (Å²) in [6, 6.07) is 10.0. The van der Waals surface area contributed by atoms with E-state index in [1.165, 1.54) is 36.4 Å². The van der Waals surface area contributed by atoms with Crippen LogP contribution in [0.5, 0.6) is 11.5 Å². The van der Waals surface area contributed by atoms with E-state index in [9.17, 15) is 12.8 Å². The molecule has 0 aliphatic carbocycles. The second-order valence-corrected chi connectivity index (χ2v) is 9.97. The van der Waals surface area contributed by atoms with E-state index in [1.807, 2.05) is 18.7 Å². The Hall–Kier alpha value is -3.11. The van der Waals surface area contributed by atoms with Gasteiger partial charge in [0, 0.05) is 24.7 Å². The molecule has 10 heteroatoms. The number of hydrogen-bond donors (Lipinski definition) is 0. The number of anilines is 1. The van der Waals surface area contributed by atoms with Crippen LogP contribution in [-0.4, -0.2) is 51.9 Å². The van der Waals surface area contributed by atoms with Gasteiger partial charge >= 0.3 is 0 Å². The molecule has 3 aromatic rings. The molecule has 0 saturated carbocycles. The number of oxazole rings is 1. The largest absolute Gasteiger partial charge is 0.486 e. The van der Waals surface area contributed by atoms with E-state index in [1.54, 1.807) is 6.07 Å². The van der Waals surface area contributed by atoms with Gasteiger partial charge in [-0.3, -0.25) is 0 Å². The lowest BCUT2D eigenvalue weighted by Crippen LogP contribution is -2.45. The Labute approximate surface area is 190 Å². The van der Waals surface area contributed by atoms with Crippen molar-refractivity contribution in [3.8, 4) is 23.0 Å². The van der Waals surface area contributed by atoms with Crippen molar-refractivity contribution in [3.63, 3.8) is 0 Å². The fourth-order valence-corrected chi connectivity index (χ4v) is 5.37. The number of rotatable bonds is 4. The summed E-state index contributed by atoms with van der Waals surface area (Å²) in [5, 5.41) is -0.209. The van der Waals surface area contributed by atoms with Gasteiger partial charge in [-0.2, -0.15) is 4.98 Å². The molecule has 2 aliphatic rings. The van der Waals surface area contributed by atoms with Gasteiger partial charge in [0.15, 0.2) is 11.5 Å². The minimum absolute atomic E-state index is 0.0151. The Morgan fingerprint density at radius 1 is 0.970 bits per heavy atom. The average molecular weight is 475 g/mol. The third-order valence-corrected chi connectivity index (χ3v) is 7.11. The lowest BCUT2D eigenvalue weighted by atomic mass is 10.2. The van der Waals surface area contributed by atoms with E-state index in [4.69, 9.17) is 18.6 Å². The maximum Gasteiger partial charge on any atom is 0.236 e. The number of morpholine rings is 1. The van der Waals surface area contributed by atoms with Crippen molar-refractivity contribution in [2.45, 2.75) is 36.0 Å². The van der Waals surface area contributed by atoms with Crippen molar-refractivity contribution in [1.82, 2.24) is 4.98 Å². The van der Waals surface area contributed by atoms with E-state index < -0.39 is 15.7 Å². The van der Waals surface area contributed by atoms with E-state index in [-0.39, 0.29) is 33.9 Å². The topological polar surface area (TPSA) is 91.1 Å². The van der Waals surface area contributed by atoms with Crippen molar-refractivity contribution in [2.75, 3.05) is 31.2 Å². The molecular formula is C23H23FN2O6S. The van der Waals surface area contributed by atoms with Crippen LogP contribution in [0.1, 0.15) is 13.8 Å². The van der Waals surface area contributed by atoms with Crippen LogP contribution in [0.4, 0.5) is 10.3 Å². The van der Waals surface area contributed by atoms with Crippen LogP contribution in [-0.2, 0) is 14.6 Å². The highest BCUT2D eigenvalue weighted by Gasteiger charge is 2.35. The number of aromatic nitrogens is 1. The minimum atomic E-state index is -4.08. The molecule has 5 rings (SSSR count). The molecule has 0 bridgehead atoms. The van der Waals surface area contributed by atoms with Gasteiger partial charge in [0.2, 0.25) is 26.6 Å². The predicted octanol–water partition coefficient (Wildman–Crippen LogP) is 3.70. The van der Waals surface area contributed by atoms with Crippen LogP contribution in [0.15, 0.2) is 56.8 Å². The first-order valence-electron chi connectivity index (χ1n) is 10.6. The highest BCUT2D eigenvalue weighted by molar-refractivity contribution is 7.91. The molecule has 8 nitrogen and oxygen atoms in total. The molecule has 2 aromatic carbocycles. The molecule has 2 aliphatic heterocycles. The van der Waals surface area contributed by atoms with Crippen molar-refractivity contribution in [2.24, 2.45) is 0 Å². The van der Waals surface area contributed by atoms with Gasteiger partial charge in [0.25, 0.3) is 0 Å². The molecule has 174 valence electrons. The van der Waals surface area contributed by atoms with E-state index in [2.05, 4.69) is 4.98 Å². The first-order chi connectivity index (χ1) is 15.8. The third kappa shape index (κ3) is 4.16. The van der Waals surface area contributed by atoms with Crippen LogP contribution < -0.4 is 14.4 Å². The lowest BCUT2D eigenvalue weighted by Gasteiger charge is -2.35. The van der Waals surface area contributed by atoms with E-state index in [0.29, 0.717) is 43.4 Å². The molecule has 0 spiro atoms. The molecule has 0 radical (unpaired) electrons. The van der Waals surface area contributed by atoms with Crippen LogP contribution in [0.2, 0.25) is 0 Å². The van der Waals surface area contributed by atoms with Crippen LogP contribution in [0.3, 0.4) is 0 Å². The Morgan fingerprint density at radius 3 is 2.33 bits per heavy atom. The Morgan fingerprint density at radius 2 is 1.64 bits per heavy atom. The summed E-state index contributed by atoms with van der Waals surface area (Å²) in [6.45, 7) is 5.44. The molecule has 2 atom stereocenters. The summed E-state index contributed by atoms with van der Waals surface area (Å²) >= 11 is 0. The monoisotopic (exact) mass is 474 g/mol. The van der Waals surface area contributed by atoms with E-state index in [0.717, 1.165) is 0 Å². The van der Waals surface area contributed by atoms with Crippen molar-refractivity contribution >= 4 is 15.7 Å². The second kappa shape index (κ2) is 8.35. The highest BCUT2D eigenvalue weighted by Crippen LogP contribution is 2.39. The summed E-state index contributed by atoms with van der Waals surface area (Å²) in [5.74, 6) is 0.660. The highest BCUT2D eigenvalue weighted by atomic mass is 32.2. The molecule has 2 unspecified atom stereocenters. The zero-order chi connectivity index (χ0) is 23.2. The first-order valence-corrected chi connectivity index (χ1v) is 12.1. The number of ether oxygens (including phenoxy) is 3. The normalized spacial score (nSPS) is 20.6. The molecule has 3 heterocycles. The fourth-order valence-electron chi connectivity index (χ4n) is 4.04. The molecule has 1 aromatic heterocycles. The van der Waals surface area contributed by atoms with Crippen LogP contribution >= 0.6 is 0 Å². The number of nitrogens with zero attached hydrogens (tertiary/aromatic N) is 2. The summed E-state index contributed by atoms with van der Waals surface area (Å²) in [4.78, 5) is 6.20. The van der Waals surface area contributed by atoms with Gasteiger partial charge in [-0.1, -0.05) is 0 Å². The molecular weight excluding hydrogens is 451 g/mol. The van der Waals surface area contributed by atoms with Crippen LogP contribution in [0.25, 0.3) is 11.5 Å². The van der Waals surface area contributed by atoms with Crippen molar-refractivity contribution < 1.29 is 31.4 Å². The summed E-state index contributed by atoms with van der Waals surface area (Å²) < 4.78 is 63.7. The zero-order valence-corrected chi connectivity index (χ0v) is 19.0. The fraction of sp³-hybridized carbons (Fsp3) is 0.348. The van der Waals surface area contributed by atoms with Crippen molar-refractivity contribution in [1.29, 1.82) is 0 Å².